The van der Waals surface area contributed by atoms with Gasteiger partial charge in [0, 0.05) is 11.1 Å². The molecular weight excluding hydrogens is 262 g/mol. The van der Waals surface area contributed by atoms with Gasteiger partial charge in [-0.1, -0.05) is 24.4 Å². The molecule has 0 atom stereocenters. The zero-order valence-electron chi connectivity index (χ0n) is 9.88. The number of hydrogen-bond donors (Lipinski definition) is 2. The molecular formula is C13H13N3S2. The number of nitrogens with two attached hydrogens (primary N) is 1. The van der Waals surface area contributed by atoms with Gasteiger partial charge >= 0.3 is 0 Å². The van der Waals surface area contributed by atoms with Gasteiger partial charge in [0.25, 0.3) is 0 Å². The first kappa shape index (κ1) is 12.9. The Morgan fingerprint density at radius 1 is 1.28 bits per heavy atom. The molecule has 0 radical (unpaired) electrons. The number of pyridine rings is 1. The Kier molecular flexibility index (Phi) is 4.17. The first-order valence-electron chi connectivity index (χ1n) is 5.37. The maximum Gasteiger partial charge on any atom is 0.140 e. The summed E-state index contributed by atoms with van der Waals surface area (Å²) in [6, 6.07) is 11.7. The van der Waals surface area contributed by atoms with E-state index in [-0.39, 0.29) is 0 Å². The van der Waals surface area contributed by atoms with Crippen LogP contribution in [-0.2, 0) is 0 Å². The Hall–Kier alpha value is -1.59. The van der Waals surface area contributed by atoms with Crippen molar-refractivity contribution in [2.45, 2.75) is 4.90 Å². The SMILES string of the molecule is CSc1ccccc1Nc1ncccc1C(N)=S. The van der Waals surface area contributed by atoms with Gasteiger partial charge in [-0.25, -0.2) is 4.98 Å². The molecule has 0 saturated heterocycles. The van der Waals surface area contributed by atoms with E-state index in [1.165, 1.54) is 0 Å². The molecule has 18 heavy (non-hydrogen) atoms. The summed E-state index contributed by atoms with van der Waals surface area (Å²) in [4.78, 5) is 5.77. The minimum Gasteiger partial charge on any atom is -0.389 e. The molecule has 0 aliphatic carbocycles. The number of rotatable bonds is 4. The van der Waals surface area contributed by atoms with Crippen LogP contribution < -0.4 is 11.1 Å². The summed E-state index contributed by atoms with van der Waals surface area (Å²) in [6.07, 6.45) is 3.75. The van der Waals surface area contributed by atoms with Gasteiger partial charge in [-0.2, -0.15) is 0 Å². The molecule has 2 rings (SSSR count). The van der Waals surface area contributed by atoms with Crippen LogP contribution >= 0.6 is 24.0 Å². The normalized spacial score (nSPS) is 10.1. The average molecular weight is 275 g/mol. The van der Waals surface area contributed by atoms with Crippen molar-refractivity contribution >= 4 is 40.5 Å². The predicted octanol–water partition coefficient (Wildman–Crippen LogP) is 3.18. The van der Waals surface area contributed by atoms with Gasteiger partial charge in [-0.05, 0) is 30.5 Å². The van der Waals surface area contributed by atoms with Crippen molar-refractivity contribution in [1.29, 1.82) is 0 Å². The molecule has 1 heterocycles. The van der Waals surface area contributed by atoms with E-state index in [2.05, 4.69) is 16.4 Å². The predicted molar refractivity (Wildman–Crippen MR) is 81.6 cm³/mol. The van der Waals surface area contributed by atoms with Crippen LogP contribution in [0.3, 0.4) is 0 Å². The second-order valence-corrected chi connectivity index (χ2v) is 4.88. The van der Waals surface area contributed by atoms with Crippen molar-refractivity contribution in [2.24, 2.45) is 5.73 Å². The van der Waals surface area contributed by atoms with Crippen molar-refractivity contribution in [1.82, 2.24) is 4.98 Å². The molecule has 92 valence electrons. The lowest BCUT2D eigenvalue weighted by molar-refractivity contribution is 1.28. The Morgan fingerprint density at radius 3 is 2.78 bits per heavy atom. The highest BCUT2D eigenvalue weighted by Crippen LogP contribution is 2.28. The summed E-state index contributed by atoms with van der Waals surface area (Å²) >= 11 is 6.69. The summed E-state index contributed by atoms with van der Waals surface area (Å²) in [7, 11) is 0. The zero-order chi connectivity index (χ0) is 13.0. The molecule has 1 aromatic heterocycles. The topological polar surface area (TPSA) is 50.9 Å². The first-order valence-corrected chi connectivity index (χ1v) is 7.00. The van der Waals surface area contributed by atoms with Crippen LogP contribution in [0.2, 0.25) is 0 Å². The van der Waals surface area contributed by atoms with Gasteiger partial charge in [0.05, 0.1) is 11.3 Å². The maximum atomic E-state index is 5.69. The van der Waals surface area contributed by atoms with Crippen LogP contribution in [0.1, 0.15) is 5.56 Å². The molecule has 0 fully saturated rings. The number of anilines is 2. The number of nitrogens with zero attached hydrogens (tertiary/aromatic N) is 1. The Labute approximate surface area is 116 Å². The summed E-state index contributed by atoms with van der Waals surface area (Å²) in [5, 5.41) is 3.27. The van der Waals surface area contributed by atoms with E-state index in [9.17, 15) is 0 Å². The summed E-state index contributed by atoms with van der Waals surface area (Å²) in [5.74, 6) is 0.687. The van der Waals surface area contributed by atoms with Gasteiger partial charge in [-0.15, -0.1) is 11.8 Å². The van der Waals surface area contributed by atoms with E-state index in [1.807, 2.05) is 36.6 Å². The lowest BCUT2D eigenvalue weighted by Crippen LogP contribution is -2.12. The molecule has 0 aliphatic heterocycles. The molecule has 0 saturated carbocycles. The fourth-order valence-corrected chi connectivity index (χ4v) is 2.30. The third-order valence-electron chi connectivity index (χ3n) is 2.43. The molecule has 0 spiro atoms. The molecule has 0 bridgehead atoms. The van der Waals surface area contributed by atoms with Crippen molar-refractivity contribution < 1.29 is 0 Å². The van der Waals surface area contributed by atoms with Crippen LogP contribution in [0.15, 0.2) is 47.5 Å². The first-order chi connectivity index (χ1) is 8.72. The molecule has 2 aromatic rings. The van der Waals surface area contributed by atoms with E-state index in [0.29, 0.717) is 10.8 Å². The van der Waals surface area contributed by atoms with Gasteiger partial charge in [0.15, 0.2) is 0 Å². The van der Waals surface area contributed by atoms with Crippen molar-refractivity contribution in [2.75, 3.05) is 11.6 Å². The van der Waals surface area contributed by atoms with Gasteiger partial charge < -0.3 is 11.1 Å². The van der Waals surface area contributed by atoms with E-state index in [4.69, 9.17) is 18.0 Å². The number of para-hydroxylation sites is 1. The minimum atomic E-state index is 0.340. The van der Waals surface area contributed by atoms with Gasteiger partial charge in [0.1, 0.15) is 10.8 Å². The summed E-state index contributed by atoms with van der Waals surface area (Å²) in [5.41, 5.74) is 7.44. The fourth-order valence-electron chi connectivity index (χ4n) is 1.58. The van der Waals surface area contributed by atoms with Crippen LogP contribution in [0.5, 0.6) is 0 Å². The molecule has 1 aromatic carbocycles. The van der Waals surface area contributed by atoms with Crippen molar-refractivity contribution in [3.63, 3.8) is 0 Å². The Bertz CT molecular complexity index is 570. The monoisotopic (exact) mass is 275 g/mol. The third kappa shape index (κ3) is 2.80. The smallest absolute Gasteiger partial charge is 0.140 e. The van der Waals surface area contributed by atoms with E-state index < -0.39 is 0 Å². The van der Waals surface area contributed by atoms with Gasteiger partial charge in [0.2, 0.25) is 0 Å². The highest BCUT2D eigenvalue weighted by Gasteiger charge is 2.07. The largest absolute Gasteiger partial charge is 0.389 e. The number of nitrogens with one attached hydrogen (secondary N) is 1. The maximum absolute atomic E-state index is 5.69. The average Bonchev–Trinajstić information content (AvgIpc) is 2.40. The number of aromatic nitrogens is 1. The number of thioether (sulfide) groups is 1. The number of benzene rings is 1. The summed E-state index contributed by atoms with van der Waals surface area (Å²) in [6.45, 7) is 0. The lowest BCUT2D eigenvalue weighted by atomic mass is 10.2. The highest BCUT2D eigenvalue weighted by molar-refractivity contribution is 7.98. The standard InChI is InChI=1S/C13H13N3S2/c1-18-11-7-3-2-6-10(11)16-13-9(12(14)17)5-4-8-15-13/h2-8H,1H3,(H2,14,17)(H,15,16). The Balaban J connectivity index is 2.37. The van der Waals surface area contributed by atoms with Crippen LogP contribution in [0.25, 0.3) is 0 Å². The molecule has 0 aliphatic rings. The molecule has 3 nitrogen and oxygen atoms in total. The van der Waals surface area contributed by atoms with Crippen LogP contribution in [0.4, 0.5) is 11.5 Å². The molecule has 0 amide bonds. The minimum absolute atomic E-state index is 0.340. The molecule has 0 unspecified atom stereocenters. The van der Waals surface area contributed by atoms with Gasteiger partial charge in [-0.3, -0.25) is 0 Å². The summed E-state index contributed by atoms with van der Waals surface area (Å²) < 4.78 is 0. The molecule has 3 N–H and O–H groups in total. The lowest BCUT2D eigenvalue weighted by Gasteiger charge is -2.12. The molecule has 5 heteroatoms. The van der Waals surface area contributed by atoms with Crippen molar-refractivity contribution in [3.05, 3.63) is 48.2 Å². The van der Waals surface area contributed by atoms with E-state index >= 15 is 0 Å². The second kappa shape index (κ2) is 5.84. The van der Waals surface area contributed by atoms with Crippen LogP contribution in [-0.4, -0.2) is 16.2 Å². The number of thiocarbonyl (C=S) groups is 1. The van der Waals surface area contributed by atoms with Crippen molar-refractivity contribution in [3.8, 4) is 0 Å². The second-order valence-electron chi connectivity index (χ2n) is 3.59. The van der Waals surface area contributed by atoms with E-state index in [1.54, 1.807) is 18.0 Å². The quantitative estimate of drug-likeness (QED) is 0.663. The Morgan fingerprint density at radius 2 is 2.06 bits per heavy atom. The van der Waals surface area contributed by atoms with E-state index in [0.717, 1.165) is 16.1 Å². The highest BCUT2D eigenvalue weighted by atomic mass is 32.2. The third-order valence-corrected chi connectivity index (χ3v) is 3.45. The zero-order valence-corrected chi connectivity index (χ0v) is 11.5. The number of hydrogen-bond acceptors (Lipinski definition) is 4. The fraction of sp³-hybridized carbons (Fsp3) is 0.0769. The van der Waals surface area contributed by atoms with Crippen LogP contribution in [0, 0.1) is 0 Å².